The summed E-state index contributed by atoms with van der Waals surface area (Å²) in [5.41, 5.74) is 6.54. The number of carbonyl (C=O) groups excluding carboxylic acids is 2. The molecule has 0 unspecified atom stereocenters. The number of benzene rings is 1. The molecule has 3 amide bonds. The number of halogens is 3. The number of nitrogens with two attached hydrogens (primary N) is 1. The van der Waals surface area contributed by atoms with E-state index >= 15 is 0 Å². The molecule has 2 N–H and O–H groups in total. The van der Waals surface area contributed by atoms with E-state index < -0.39 is 17.8 Å². The summed E-state index contributed by atoms with van der Waals surface area (Å²) in [5.74, 6) is -0.248. The second-order valence-electron chi connectivity index (χ2n) is 7.67. The lowest BCUT2D eigenvalue weighted by Crippen LogP contribution is -2.43. The van der Waals surface area contributed by atoms with Gasteiger partial charge in [0, 0.05) is 31.6 Å². The molecule has 0 bridgehead atoms. The quantitative estimate of drug-likeness (QED) is 0.768. The smallest absolute Gasteiger partial charge is 0.351 e. The van der Waals surface area contributed by atoms with Gasteiger partial charge in [0.2, 0.25) is 0 Å². The van der Waals surface area contributed by atoms with Crippen LogP contribution in [0.4, 0.5) is 22.8 Å². The molecule has 160 valence electrons. The Balaban J connectivity index is 1.45. The number of hydrogen-bond acceptors (Lipinski definition) is 3. The third-order valence-corrected chi connectivity index (χ3v) is 5.90. The third kappa shape index (κ3) is 3.73. The van der Waals surface area contributed by atoms with Gasteiger partial charge in [-0.2, -0.15) is 23.0 Å². The highest BCUT2D eigenvalue weighted by atomic mass is 19.4. The molecule has 4 rings (SSSR count). The van der Waals surface area contributed by atoms with Crippen LogP contribution in [-0.4, -0.2) is 51.3 Å². The minimum Gasteiger partial charge on any atom is -0.351 e. The first-order chi connectivity index (χ1) is 14.3. The first-order valence-electron chi connectivity index (χ1n) is 9.81. The molecule has 1 fully saturated rings. The number of primary amides is 1. The fraction of sp³-hybridized carbons (Fsp3) is 0.450. The third-order valence-electron chi connectivity index (χ3n) is 5.90. The van der Waals surface area contributed by atoms with E-state index in [1.54, 1.807) is 17.2 Å². The van der Waals surface area contributed by atoms with E-state index in [1.807, 2.05) is 0 Å². The number of nitrogens with zero attached hydrogens (tertiary/aromatic N) is 4. The number of rotatable bonds is 1. The van der Waals surface area contributed by atoms with Gasteiger partial charge in [0.05, 0.1) is 24.0 Å². The molecule has 10 heteroatoms. The number of likely N-dealkylation sites (tertiary alicyclic amines) is 1. The maximum atomic E-state index is 13.3. The van der Waals surface area contributed by atoms with E-state index in [0.29, 0.717) is 51.0 Å². The zero-order valence-electron chi connectivity index (χ0n) is 16.2. The number of alkyl halides is 3. The Kier molecular flexibility index (Phi) is 5.17. The molecule has 0 atom stereocenters. The van der Waals surface area contributed by atoms with Crippen LogP contribution in [0.1, 0.15) is 41.1 Å². The molecule has 1 aromatic carbocycles. The van der Waals surface area contributed by atoms with Crippen molar-refractivity contribution in [2.75, 3.05) is 19.6 Å². The van der Waals surface area contributed by atoms with Gasteiger partial charge in [-0.3, -0.25) is 0 Å². The van der Waals surface area contributed by atoms with E-state index in [4.69, 9.17) is 5.73 Å². The van der Waals surface area contributed by atoms with Gasteiger partial charge in [0.15, 0.2) is 0 Å². The topological polar surface area (TPSA) is 84.5 Å². The highest BCUT2D eigenvalue weighted by Crippen LogP contribution is 2.38. The van der Waals surface area contributed by atoms with Crippen molar-refractivity contribution in [1.82, 2.24) is 19.6 Å². The van der Waals surface area contributed by atoms with E-state index in [1.165, 1.54) is 21.7 Å². The molecule has 2 aromatic rings. The Morgan fingerprint density at radius 2 is 1.77 bits per heavy atom. The lowest BCUT2D eigenvalue weighted by Gasteiger charge is -2.33. The SMILES string of the molecule is NC(=O)N1CCc2c(cnn2C(=O)N2CCC(c3ccccc3C(F)(F)F)CC2)C1. The van der Waals surface area contributed by atoms with Crippen LogP contribution in [0, 0.1) is 0 Å². The Hall–Kier alpha value is -3.04. The van der Waals surface area contributed by atoms with Crippen LogP contribution in [0.15, 0.2) is 30.5 Å². The van der Waals surface area contributed by atoms with Crippen molar-refractivity contribution in [3.8, 4) is 0 Å². The lowest BCUT2D eigenvalue weighted by molar-refractivity contribution is -0.138. The lowest BCUT2D eigenvalue weighted by atomic mass is 9.86. The molecule has 0 aliphatic carbocycles. The molecule has 2 aliphatic rings. The number of urea groups is 1. The van der Waals surface area contributed by atoms with Gasteiger partial charge in [-0.25, -0.2) is 9.59 Å². The molecule has 3 heterocycles. The second kappa shape index (κ2) is 7.66. The standard InChI is InChI=1S/C20H22F3N5O2/c21-20(22,23)16-4-2-1-3-15(16)13-5-8-26(9-6-13)19(30)28-17-7-10-27(18(24)29)12-14(17)11-25-28/h1-4,11,13H,5-10,12H2,(H2,24,29). The van der Waals surface area contributed by atoms with Crippen molar-refractivity contribution >= 4 is 12.1 Å². The van der Waals surface area contributed by atoms with Crippen LogP contribution in [-0.2, 0) is 19.1 Å². The monoisotopic (exact) mass is 421 g/mol. The summed E-state index contributed by atoms with van der Waals surface area (Å²) in [6, 6.07) is 4.85. The molecule has 2 aliphatic heterocycles. The van der Waals surface area contributed by atoms with Crippen molar-refractivity contribution in [3.05, 3.63) is 52.8 Å². The molecule has 1 aromatic heterocycles. The van der Waals surface area contributed by atoms with Gasteiger partial charge >= 0.3 is 18.2 Å². The summed E-state index contributed by atoms with van der Waals surface area (Å²) in [4.78, 5) is 27.4. The largest absolute Gasteiger partial charge is 0.416 e. The van der Waals surface area contributed by atoms with Crippen molar-refractivity contribution in [1.29, 1.82) is 0 Å². The molecular formula is C20H22F3N5O2. The number of piperidine rings is 1. The number of aromatic nitrogens is 2. The maximum absolute atomic E-state index is 13.3. The van der Waals surface area contributed by atoms with Gasteiger partial charge in [0.25, 0.3) is 0 Å². The fourth-order valence-electron chi connectivity index (χ4n) is 4.31. The van der Waals surface area contributed by atoms with Crippen LogP contribution in [0.2, 0.25) is 0 Å². The molecule has 0 spiro atoms. The maximum Gasteiger partial charge on any atom is 0.416 e. The minimum absolute atomic E-state index is 0.248. The van der Waals surface area contributed by atoms with E-state index in [-0.39, 0.29) is 11.9 Å². The number of hydrogen-bond donors (Lipinski definition) is 1. The molecule has 7 nitrogen and oxygen atoms in total. The molecular weight excluding hydrogens is 399 g/mol. The van der Waals surface area contributed by atoms with E-state index in [0.717, 1.165) is 17.3 Å². The van der Waals surface area contributed by atoms with Gasteiger partial charge in [-0.1, -0.05) is 18.2 Å². The van der Waals surface area contributed by atoms with Crippen LogP contribution in [0.5, 0.6) is 0 Å². The van der Waals surface area contributed by atoms with Crippen molar-refractivity contribution in [2.45, 2.75) is 37.9 Å². The second-order valence-corrected chi connectivity index (χ2v) is 7.67. The first-order valence-corrected chi connectivity index (χ1v) is 9.81. The summed E-state index contributed by atoms with van der Waals surface area (Å²) < 4.78 is 41.3. The van der Waals surface area contributed by atoms with Crippen LogP contribution in [0.3, 0.4) is 0 Å². The summed E-state index contributed by atoms with van der Waals surface area (Å²) in [5, 5.41) is 4.19. The highest BCUT2D eigenvalue weighted by molar-refractivity contribution is 5.77. The Morgan fingerprint density at radius 1 is 1.07 bits per heavy atom. The van der Waals surface area contributed by atoms with E-state index in [9.17, 15) is 22.8 Å². The minimum atomic E-state index is -4.39. The predicted octanol–water partition coefficient (Wildman–Crippen LogP) is 3.19. The predicted molar refractivity (Wildman–Crippen MR) is 102 cm³/mol. The zero-order valence-corrected chi connectivity index (χ0v) is 16.2. The summed E-state index contributed by atoms with van der Waals surface area (Å²) in [6.07, 6.45) is -1.44. The van der Waals surface area contributed by atoms with Gasteiger partial charge in [0.1, 0.15) is 0 Å². The molecule has 1 saturated heterocycles. The zero-order chi connectivity index (χ0) is 21.5. The number of carbonyl (C=O) groups is 2. The summed E-state index contributed by atoms with van der Waals surface area (Å²) >= 11 is 0. The highest BCUT2D eigenvalue weighted by Gasteiger charge is 2.36. The summed E-state index contributed by atoms with van der Waals surface area (Å²) in [6.45, 7) is 1.45. The van der Waals surface area contributed by atoms with Gasteiger partial charge < -0.3 is 15.5 Å². The van der Waals surface area contributed by atoms with Crippen molar-refractivity contribution < 1.29 is 22.8 Å². The van der Waals surface area contributed by atoms with Crippen LogP contribution >= 0.6 is 0 Å². The van der Waals surface area contributed by atoms with Gasteiger partial charge in [-0.15, -0.1) is 0 Å². The Bertz CT molecular complexity index is 964. The molecule has 30 heavy (non-hydrogen) atoms. The van der Waals surface area contributed by atoms with Crippen molar-refractivity contribution in [3.63, 3.8) is 0 Å². The van der Waals surface area contributed by atoms with Gasteiger partial charge in [-0.05, 0) is 30.4 Å². The number of amides is 3. The Morgan fingerprint density at radius 3 is 2.43 bits per heavy atom. The molecule has 0 saturated carbocycles. The Labute approximate surface area is 171 Å². The van der Waals surface area contributed by atoms with Crippen LogP contribution in [0.25, 0.3) is 0 Å². The van der Waals surface area contributed by atoms with E-state index in [2.05, 4.69) is 5.10 Å². The van der Waals surface area contributed by atoms with Crippen molar-refractivity contribution in [2.24, 2.45) is 5.73 Å². The van der Waals surface area contributed by atoms with Crippen LogP contribution < -0.4 is 5.73 Å². The number of fused-ring (bicyclic) bond motifs is 1. The first kappa shape index (κ1) is 20.2. The summed E-state index contributed by atoms with van der Waals surface area (Å²) in [7, 11) is 0. The average Bonchev–Trinajstić information content (AvgIpc) is 3.16. The normalized spacial score (nSPS) is 17.7. The fourth-order valence-corrected chi connectivity index (χ4v) is 4.31. The molecule has 0 radical (unpaired) electrons. The average molecular weight is 421 g/mol.